The molecule has 0 unspecified atom stereocenters. The molecule has 0 spiro atoms. The molecule has 0 radical (unpaired) electrons. The molecule has 4 aromatic rings. The van der Waals surface area contributed by atoms with E-state index < -0.39 is 0 Å². The number of benzene rings is 3. The van der Waals surface area contributed by atoms with E-state index in [1.165, 1.54) is 0 Å². The summed E-state index contributed by atoms with van der Waals surface area (Å²) in [6.07, 6.45) is 0. The van der Waals surface area contributed by atoms with Gasteiger partial charge in [-0.15, -0.1) is 0 Å². The van der Waals surface area contributed by atoms with Crippen molar-refractivity contribution in [2.45, 2.75) is 13.8 Å². The highest BCUT2D eigenvalue weighted by atomic mass is 16.5. The number of nitrogens with zero attached hydrogens (tertiary/aromatic N) is 4. The summed E-state index contributed by atoms with van der Waals surface area (Å²) in [5.74, 6) is 2.13. The molecule has 1 aliphatic heterocycles. The van der Waals surface area contributed by atoms with Crippen LogP contribution in [0.1, 0.15) is 23.0 Å². The van der Waals surface area contributed by atoms with E-state index in [1.807, 2.05) is 85.5 Å². The smallest absolute Gasteiger partial charge is 0.272 e. The first kappa shape index (κ1) is 26.2. The van der Waals surface area contributed by atoms with Gasteiger partial charge in [-0.3, -0.25) is 4.79 Å². The third kappa shape index (κ3) is 5.41. The van der Waals surface area contributed by atoms with Crippen LogP contribution in [0.4, 0.5) is 5.69 Å². The Morgan fingerprint density at radius 2 is 1.67 bits per heavy atom. The van der Waals surface area contributed by atoms with Crippen LogP contribution >= 0.6 is 0 Å². The average Bonchev–Trinajstić information content (AvgIpc) is 3.42. The number of para-hydroxylation sites is 2. The Hall–Kier alpha value is -4.46. The second-order valence-corrected chi connectivity index (χ2v) is 9.41. The molecule has 202 valence electrons. The van der Waals surface area contributed by atoms with Crippen LogP contribution in [-0.4, -0.2) is 67.6 Å². The molecule has 8 nitrogen and oxygen atoms in total. The van der Waals surface area contributed by atoms with Gasteiger partial charge < -0.3 is 24.0 Å². The number of amides is 1. The van der Waals surface area contributed by atoms with Crippen LogP contribution in [0.5, 0.6) is 17.2 Å². The van der Waals surface area contributed by atoms with Crippen molar-refractivity contribution in [1.29, 1.82) is 0 Å². The van der Waals surface area contributed by atoms with Crippen LogP contribution in [0.2, 0.25) is 0 Å². The van der Waals surface area contributed by atoms with Gasteiger partial charge in [-0.05, 0) is 61.9 Å². The van der Waals surface area contributed by atoms with Crippen molar-refractivity contribution >= 4 is 11.6 Å². The summed E-state index contributed by atoms with van der Waals surface area (Å²) in [5, 5.41) is 4.89. The van der Waals surface area contributed by atoms with E-state index in [1.54, 1.807) is 18.9 Å². The van der Waals surface area contributed by atoms with Gasteiger partial charge in [-0.25, -0.2) is 4.68 Å². The standard InChI is InChI=1S/C31H34N4O4/c1-5-39-29-12-7-6-11-27(29)33-15-17-34(18-16-33)31(36)28-21-26(25-14-13-24(37-3)20-30(25)38-4)32-35(28)23-10-8-9-22(2)19-23/h6-14,19-21H,5,15-18H2,1-4H3. The average molecular weight is 527 g/mol. The number of carbonyl (C=O) groups excluding carboxylic acids is 1. The fourth-order valence-corrected chi connectivity index (χ4v) is 4.94. The summed E-state index contributed by atoms with van der Waals surface area (Å²) in [6.45, 7) is 7.25. The molecule has 1 amide bonds. The lowest BCUT2D eigenvalue weighted by atomic mass is 10.1. The first-order valence-electron chi connectivity index (χ1n) is 13.2. The van der Waals surface area contributed by atoms with Crippen LogP contribution in [-0.2, 0) is 0 Å². The molecule has 1 saturated heterocycles. The van der Waals surface area contributed by atoms with Crippen LogP contribution < -0.4 is 19.1 Å². The van der Waals surface area contributed by atoms with Gasteiger partial charge in [0, 0.05) is 37.8 Å². The Morgan fingerprint density at radius 1 is 0.872 bits per heavy atom. The molecule has 0 atom stereocenters. The predicted molar refractivity (Wildman–Crippen MR) is 153 cm³/mol. The normalized spacial score (nSPS) is 13.3. The largest absolute Gasteiger partial charge is 0.497 e. The van der Waals surface area contributed by atoms with Crippen molar-refractivity contribution in [2.75, 3.05) is 51.9 Å². The molecule has 1 fully saturated rings. The lowest BCUT2D eigenvalue weighted by Gasteiger charge is -2.36. The Labute approximate surface area is 229 Å². The SMILES string of the molecule is CCOc1ccccc1N1CCN(C(=O)c2cc(-c3ccc(OC)cc3OC)nn2-c2cccc(C)c2)CC1. The van der Waals surface area contributed by atoms with Gasteiger partial charge in [0.1, 0.15) is 22.9 Å². The Bertz CT molecular complexity index is 1460. The molecular formula is C31H34N4O4. The number of ether oxygens (including phenoxy) is 3. The summed E-state index contributed by atoms with van der Waals surface area (Å²) in [7, 11) is 3.23. The molecule has 5 rings (SSSR count). The number of hydrogen-bond donors (Lipinski definition) is 0. The molecule has 0 bridgehead atoms. The Balaban J connectivity index is 1.45. The van der Waals surface area contributed by atoms with E-state index in [0.717, 1.165) is 28.3 Å². The number of rotatable bonds is 8. The number of aryl methyl sites for hydroxylation is 1. The number of hydrogen-bond acceptors (Lipinski definition) is 6. The maximum atomic E-state index is 14.0. The molecule has 2 heterocycles. The van der Waals surface area contributed by atoms with Gasteiger partial charge >= 0.3 is 0 Å². The van der Waals surface area contributed by atoms with Crippen LogP contribution in [0.15, 0.2) is 72.8 Å². The van der Waals surface area contributed by atoms with Gasteiger partial charge in [0.25, 0.3) is 5.91 Å². The summed E-state index contributed by atoms with van der Waals surface area (Å²) in [5.41, 5.74) is 4.94. The van der Waals surface area contributed by atoms with Gasteiger partial charge in [0.2, 0.25) is 0 Å². The molecule has 1 aliphatic rings. The van der Waals surface area contributed by atoms with Crippen molar-refractivity contribution in [3.05, 3.63) is 84.1 Å². The topological polar surface area (TPSA) is 69.1 Å². The zero-order valence-electron chi connectivity index (χ0n) is 22.9. The number of piperazine rings is 1. The molecule has 1 aromatic heterocycles. The summed E-state index contributed by atoms with van der Waals surface area (Å²) in [4.78, 5) is 18.1. The monoisotopic (exact) mass is 526 g/mol. The molecular weight excluding hydrogens is 492 g/mol. The highest BCUT2D eigenvalue weighted by Crippen LogP contribution is 2.34. The van der Waals surface area contributed by atoms with Crippen molar-refractivity contribution in [3.8, 4) is 34.2 Å². The second kappa shape index (κ2) is 11.5. The molecule has 0 saturated carbocycles. The fourth-order valence-electron chi connectivity index (χ4n) is 4.94. The lowest BCUT2D eigenvalue weighted by molar-refractivity contribution is 0.0737. The number of anilines is 1. The van der Waals surface area contributed by atoms with Gasteiger partial charge in [-0.1, -0.05) is 24.3 Å². The van der Waals surface area contributed by atoms with Crippen molar-refractivity contribution in [2.24, 2.45) is 0 Å². The van der Waals surface area contributed by atoms with Crippen molar-refractivity contribution < 1.29 is 19.0 Å². The lowest BCUT2D eigenvalue weighted by Crippen LogP contribution is -2.49. The minimum atomic E-state index is -0.0551. The summed E-state index contributed by atoms with van der Waals surface area (Å²) < 4.78 is 18.6. The zero-order chi connectivity index (χ0) is 27.4. The number of carbonyl (C=O) groups is 1. The van der Waals surface area contributed by atoms with E-state index in [0.29, 0.717) is 55.7 Å². The molecule has 0 aliphatic carbocycles. The van der Waals surface area contributed by atoms with Crippen molar-refractivity contribution in [1.82, 2.24) is 14.7 Å². The second-order valence-electron chi connectivity index (χ2n) is 9.41. The highest BCUT2D eigenvalue weighted by molar-refractivity contribution is 5.95. The van der Waals surface area contributed by atoms with E-state index in [4.69, 9.17) is 19.3 Å². The minimum absolute atomic E-state index is 0.0551. The third-order valence-corrected chi connectivity index (χ3v) is 6.93. The summed E-state index contributed by atoms with van der Waals surface area (Å²) >= 11 is 0. The molecule has 0 N–H and O–H groups in total. The quantitative estimate of drug-likeness (QED) is 0.313. The maximum absolute atomic E-state index is 14.0. The molecule has 3 aromatic carbocycles. The van der Waals surface area contributed by atoms with Crippen LogP contribution in [0.3, 0.4) is 0 Å². The maximum Gasteiger partial charge on any atom is 0.272 e. The Morgan fingerprint density at radius 3 is 2.38 bits per heavy atom. The van der Waals surface area contributed by atoms with E-state index in [2.05, 4.69) is 11.0 Å². The van der Waals surface area contributed by atoms with Crippen molar-refractivity contribution in [3.63, 3.8) is 0 Å². The van der Waals surface area contributed by atoms with Crippen LogP contribution in [0.25, 0.3) is 16.9 Å². The van der Waals surface area contributed by atoms with Gasteiger partial charge in [0.05, 0.1) is 37.9 Å². The first-order valence-corrected chi connectivity index (χ1v) is 13.2. The fraction of sp³-hybridized carbons (Fsp3) is 0.290. The molecule has 39 heavy (non-hydrogen) atoms. The number of methoxy groups -OCH3 is 2. The van der Waals surface area contributed by atoms with E-state index in [9.17, 15) is 4.79 Å². The molecule has 8 heteroatoms. The third-order valence-electron chi connectivity index (χ3n) is 6.93. The van der Waals surface area contributed by atoms with Gasteiger partial charge in [-0.2, -0.15) is 5.10 Å². The van der Waals surface area contributed by atoms with E-state index in [-0.39, 0.29) is 5.91 Å². The first-order chi connectivity index (χ1) is 19.0. The predicted octanol–water partition coefficient (Wildman–Crippen LogP) is 5.23. The van der Waals surface area contributed by atoms with Gasteiger partial charge in [0.15, 0.2) is 0 Å². The highest BCUT2D eigenvalue weighted by Gasteiger charge is 2.28. The number of aromatic nitrogens is 2. The van der Waals surface area contributed by atoms with Crippen LogP contribution in [0, 0.1) is 6.92 Å². The van der Waals surface area contributed by atoms with E-state index >= 15 is 0 Å². The minimum Gasteiger partial charge on any atom is -0.497 e. The Kier molecular flexibility index (Phi) is 7.72. The zero-order valence-corrected chi connectivity index (χ0v) is 22.9. The summed E-state index contributed by atoms with van der Waals surface area (Å²) in [6, 6.07) is 23.5.